The molecular weight excluding hydrogens is 288 g/mol. The van der Waals surface area contributed by atoms with Gasteiger partial charge in [0.2, 0.25) is 0 Å². The van der Waals surface area contributed by atoms with Crippen LogP contribution in [0.5, 0.6) is 0 Å². The molecule has 1 aliphatic heterocycles. The largest absolute Gasteiger partial charge is 0.394 e. The summed E-state index contributed by atoms with van der Waals surface area (Å²) in [7, 11) is 0. The summed E-state index contributed by atoms with van der Waals surface area (Å²) in [5.41, 5.74) is 3.68. The Morgan fingerprint density at radius 1 is 1.09 bits per heavy atom. The zero-order valence-corrected chi connectivity index (χ0v) is 12.4. The topological polar surface area (TPSA) is 108 Å². The third-order valence-corrected chi connectivity index (χ3v) is 4.33. The highest BCUT2D eigenvalue weighted by Crippen LogP contribution is 2.31. The molecule has 7 nitrogen and oxygen atoms in total. The van der Waals surface area contributed by atoms with E-state index in [2.05, 4.69) is 4.98 Å². The number of imidazole rings is 1. The predicted octanol–water partition coefficient (Wildman–Crippen LogP) is -0.374. The van der Waals surface area contributed by atoms with Gasteiger partial charge in [0.25, 0.3) is 0 Å². The molecule has 2 aromatic rings. The molecule has 2 heterocycles. The van der Waals surface area contributed by atoms with Gasteiger partial charge in [0.15, 0.2) is 6.23 Å². The van der Waals surface area contributed by atoms with E-state index in [4.69, 9.17) is 4.74 Å². The van der Waals surface area contributed by atoms with Crippen LogP contribution >= 0.6 is 0 Å². The van der Waals surface area contributed by atoms with Gasteiger partial charge in [-0.15, -0.1) is 0 Å². The van der Waals surface area contributed by atoms with Gasteiger partial charge in [-0.3, -0.25) is 0 Å². The summed E-state index contributed by atoms with van der Waals surface area (Å²) in [5, 5.41) is 39.2. The molecule has 1 aromatic carbocycles. The quantitative estimate of drug-likeness (QED) is 0.603. The van der Waals surface area contributed by atoms with Gasteiger partial charge in [-0.2, -0.15) is 0 Å². The van der Waals surface area contributed by atoms with E-state index >= 15 is 0 Å². The molecule has 0 bridgehead atoms. The second-order valence-corrected chi connectivity index (χ2v) is 5.80. The Kier molecular flexibility index (Phi) is 3.92. The van der Waals surface area contributed by atoms with Gasteiger partial charge in [-0.1, -0.05) is 0 Å². The third-order valence-electron chi connectivity index (χ3n) is 4.33. The molecule has 4 N–H and O–H groups in total. The molecule has 0 saturated carbocycles. The van der Waals surface area contributed by atoms with Gasteiger partial charge in [0, 0.05) is 0 Å². The zero-order valence-electron chi connectivity index (χ0n) is 12.4. The Morgan fingerprint density at radius 3 is 2.45 bits per heavy atom. The molecule has 5 atom stereocenters. The van der Waals surface area contributed by atoms with Crippen LogP contribution in [0.4, 0.5) is 0 Å². The number of hydrogen-bond donors (Lipinski definition) is 4. The van der Waals surface area contributed by atoms with Crippen LogP contribution in [0.1, 0.15) is 17.4 Å². The molecule has 1 aliphatic rings. The monoisotopic (exact) mass is 308 g/mol. The van der Waals surface area contributed by atoms with E-state index in [0.717, 1.165) is 22.2 Å². The van der Waals surface area contributed by atoms with Gasteiger partial charge in [0.1, 0.15) is 24.4 Å². The summed E-state index contributed by atoms with van der Waals surface area (Å²) in [6.07, 6.45) is -4.43. The van der Waals surface area contributed by atoms with Crippen LogP contribution in [0.3, 0.4) is 0 Å². The number of ether oxygens (including phenoxy) is 1. The van der Waals surface area contributed by atoms with Gasteiger partial charge in [-0.05, 0) is 37.1 Å². The van der Waals surface area contributed by atoms with Crippen LogP contribution in [-0.2, 0) is 4.74 Å². The van der Waals surface area contributed by atoms with Crippen LogP contribution in [0.2, 0.25) is 0 Å². The van der Waals surface area contributed by atoms with Crippen molar-refractivity contribution >= 4 is 11.0 Å². The Balaban J connectivity index is 2.04. The van der Waals surface area contributed by atoms with Crippen molar-refractivity contribution in [1.29, 1.82) is 0 Å². The van der Waals surface area contributed by atoms with E-state index in [1.165, 1.54) is 6.33 Å². The lowest BCUT2D eigenvalue weighted by atomic mass is 9.98. The number of aliphatic hydroxyl groups excluding tert-OH is 4. The standard InChI is InChI=1S/C15H20N2O5/c1-7-3-9-10(4-8(7)2)17(6-16-9)15-14(21)13(20)12(19)11(5-18)22-15/h3-4,6,11-15,18-21H,5H2,1-2H3/t11-,12-,13+,14-,15-/m1/s1. The second kappa shape index (κ2) is 5.60. The van der Waals surface area contributed by atoms with E-state index in [9.17, 15) is 20.4 Å². The fraction of sp³-hybridized carbons (Fsp3) is 0.533. The van der Waals surface area contributed by atoms with E-state index < -0.39 is 37.3 Å². The van der Waals surface area contributed by atoms with E-state index in [-0.39, 0.29) is 0 Å². The normalized spacial score (nSPS) is 32.5. The first kappa shape index (κ1) is 15.4. The third kappa shape index (κ3) is 2.31. The minimum Gasteiger partial charge on any atom is -0.394 e. The highest BCUT2D eigenvalue weighted by molar-refractivity contribution is 5.77. The van der Waals surface area contributed by atoms with Crippen LogP contribution in [0.15, 0.2) is 18.5 Å². The predicted molar refractivity (Wildman–Crippen MR) is 78.2 cm³/mol. The number of nitrogens with zero attached hydrogens (tertiary/aromatic N) is 2. The first-order valence-electron chi connectivity index (χ1n) is 7.18. The smallest absolute Gasteiger partial charge is 0.164 e. The molecule has 22 heavy (non-hydrogen) atoms. The molecule has 7 heteroatoms. The van der Waals surface area contributed by atoms with E-state index in [1.54, 1.807) is 4.57 Å². The molecule has 1 aromatic heterocycles. The molecule has 0 unspecified atom stereocenters. The molecular formula is C15H20N2O5. The van der Waals surface area contributed by atoms with Gasteiger partial charge < -0.3 is 29.7 Å². The summed E-state index contributed by atoms with van der Waals surface area (Å²) >= 11 is 0. The van der Waals surface area contributed by atoms with Crippen LogP contribution < -0.4 is 0 Å². The lowest BCUT2D eigenvalue weighted by molar-refractivity contribution is -0.250. The highest BCUT2D eigenvalue weighted by atomic mass is 16.6. The maximum Gasteiger partial charge on any atom is 0.164 e. The maximum absolute atomic E-state index is 10.2. The SMILES string of the molecule is Cc1cc2ncn([C@@H]3O[C@H](CO)[C@@H](O)[C@H](O)[C@H]3O)c2cc1C. The van der Waals surface area contributed by atoms with Crippen molar-refractivity contribution < 1.29 is 25.2 Å². The molecule has 0 radical (unpaired) electrons. The average Bonchev–Trinajstić information content (AvgIpc) is 2.88. The summed E-state index contributed by atoms with van der Waals surface area (Å²) in [6, 6.07) is 3.87. The maximum atomic E-state index is 10.2. The van der Waals surface area contributed by atoms with Crippen LogP contribution in [0.25, 0.3) is 11.0 Å². The Hall–Kier alpha value is -1.51. The average molecular weight is 308 g/mol. The number of hydrogen-bond acceptors (Lipinski definition) is 6. The van der Waals surface area contributed by atoms with Crippen molar-refractivity contribution in [3.63, 3.8) is 0 Å². The minimum absolute atomic E-state index is 0.452. The highest BCUT2D eigenvalue weighted by Gasteiger charge is 2.44. The number of aliphatic hydroxyl groups is 4. The lowest BCUT2D eigenvalue weighted by Gasteiger charge is -2.40. The summed E-state index contributed by atoms with van der Waals surface area (Å²) < 4.78 is 7.18. The fourth-order valence-corrected chi connectivity index (χ4v) is 2.80. The van der Waals surface area contributed by atoms with Crippen molar-refractivity contribution in [2.75, 3.05) is 6.61 Å². The minimum atomic E-state index is -1.40. The molecule has 3 rings (SSSR count). The molecule has 0 amide bonds. The Labute approximate surface area is 127 Å². The first-order valence-corrected chi connectivity index (χ1v) is 7.18. The van der Waals surface area contributed by atoms with E-state index in [1.807, 2.05) is 26.0 Å². The summed E-state index contributed by atoms with van der Waals surface area (Å²) in [6.45, 7) is 3.51. The molecule has 1 fully saturated rings. The number of fused-ring (bicyclic) bond motifs is 1. The van der Waals surface area contributed by atoms with Crippen molar-refractivity contribution in [2.45, 2.75) is 44.5 Å². The molecule has 0 aliphatic carbocycles. The number of rotatable bonds is 2. The Bertz CT molecular complexity index is 684. The van der Waals surface area contributed by atoms with Crippen molar-refractivity contribution in [3.8, 4) is 0 Å². The van der Waals surface area contributed by atoms with Gasteiger partial charge >= 0.3 is 0 Å². The van der Waals surface area contributed by atoms with Gasteiger partial charge in [0.05, 0.1) is 24.0 Å². The van der Waals surface area contributed by atoms with Crippen LogP contribution in [-0.4, -0.2) is 61.0 Å². The zero-order chi connectivity index (χ0) is 16.0. The lowest BCUT2D eigenvalue weighted by Crippen LogP contribution is -2.56. The number of aromatic nitrogens is 2. The molecule has 120 valence electrons. The first-order chi connectivity index (χ1) is 10.4. The summed E-state index contributed by atoms with van der Waals surface area (Å²) in [5.74, 6) is 0. The number of aryl methyl sites for hydroxylation is 2. The Morgan fingerprint density at radius 2 is 1.77 bits per heavy atom. The molecule has 1 saturated heterocycles. The van der Waals surface area contributed by atoms with E-state index in [0.29, 0.717) is 0 Å². The van der Waals surface area contributed by atoms with Gasteiger partial charge in [-0.25, -0.2) is 4.98 Å². The van der Waals surface area contributed by atoms with Crippen LogP contribution in [0, 0.1) is 13.8 Å². The van der Waals surface area contributed by atoms with Crippen molar-refractivity contribution in [3.05, 3.63) is 29.6 Å². The molecule has 0 spiro atoms. The summed E-state index contributed by atoms with van der Waals surface area (Å²) in [4.78, 5) is 4.29. The second-order valence-electron chi connectivity index (χ2n) is 5.80. The van der Waals surface area contributed by atoms with Crippen molar-refractivity contribution in [2.24, 2.45) is 0 Å². The number of benzene rings is 1. The van der Waals surface area contributed by atoms with Crippen molar-refractivity contribution in [1.82, 2.24) is 9.55 Å². The fourth-order valence-electron chi connectivity index (χ4n) is 2.80.